The van der Waals surface area contributed by atoms with Crippen LogP contribution in [-0.4, -0.2) is 27.3 Å². The summed E-state index contributed by atoms with van der Waals surface area (Å²) in [5, 5.41) is 35.6. The number of benzene rings is 3. The molecule has 2 N–H and O–H groups in total. The molecule has 5 heteroatoms. The summed E-state index contributed by atoms with van der Waals surface area (Å²) >= 11 is 0. The third kappa shape index (κ3) is 2.49. The lowest BCUT2D eigenvalue weighted by Crippen LogP contribution is -2.39. The lowest BCUT2D eigenvalue weighted by molar-refractivity contribution is -0.384. The monoisotopic (exact) mass is 439 g/mol. The summed E-state index contributed by atoms with van der Waals surface area (Å²) in [6.45, 7) is 0. The Morgan fingerprint density at radius 2 is 1.70 bits per heavy atom. The minimum atomic E-state index is -0.757. The molecule has 2 bridgehead atoms. The Balaban J connectivity index is 1.54. The van der Waals surface area contributed by atoms with Gasteiger partial charge in [-0.05, 0) is 99.6 Å². The normalized spacial score (nSPS) is 33.8. The van der Waals surface area contributed by atoms with Crippen molar-refractivity contribution in [1.82, 2.24) is 0 Å². The van der Waals surface area contributed by atoms with Crippen molar-refractivity contribution in [2.24, 2.45) is 17.8 Å². The topological polar surface area (TPSA) is 83.6 Å². The molecular weight excluding hydrogens is 414 g/mol. The maximum atomic E-state index is 11.6. The summed E-state index contributed by atoms with van der Waals surface area (Å²) in [6, 6.07) is 18.2. The van der Waals surface area contributed by atoms with Crippen molar-refractivity contribution < 1.29 is 15.1 Å². The minimum absolute atomic E-state index is 0.00990. The van der Waals surface area contributed by atoms with Crippen molar-refractivity contribution in [2.75, 3.05) is 0 Å². The molecule has 166 valence electrons. The molecule has 0 saturated heterocycles. The van der Waals surface area contributed by atoms with Crippen LogP contribution in [0.15, 0.2) is 54.6 Å². The second-order valence-corrected chi connectivity index (χ2v) is 10.2. The molecule has 0 aliphatic heterocycles. The van der Waals surface area contributed by atoms with Crippen molar-refractivity contribution in [2.45, 2.75) is 43.8 Å². The number of fused-ring (bicyclic) bond motifs is 10. The molecule has 0 spiro atoms. The van der Waals surface area contributed by atoms with E-state index in [0.717, 1.165) is 36.8 Å². The molecule has 0 radical (unpaired) electrons. The number of hydrogen-bond acceptors (Lipinski definition) is 4. The first kappa shape index (κ1) is 19.4. The smallest absolute Gasteiger partial charge is 0.269 e. The van der Waals surface area contributed by atoms with Crippen LogP contribution >= 0.6 is 0 Å². The van der Waals surface area contributed by atoms with Gasteiger partial charge in [0.15, 0.2) is 0 Å². The third-order valence-electron chi connectivity index (χ3n) is 8.82. The number of rotatable bonds is 1. The highest BCUT2D eigenvalue weighted by atomic mass is 16.6. The average Bonchev–Trinajstić information content (AvgIpc) is 3.46. The summed E-state index contributed by atoms with van der Waals surface area (Å²) in [5.74, 6) is 0.0743. The molecule has 2 unspecified atom stereocenters. The quantitative estimate of drug-likeness (QED) is 0.409. The molecule has 3 aromatic carbocycles. The minimum Gasteiger partial charge on any atom is -0.390 e. The van der Waals surface area contributed by atoms with Crippen LogP contribution in [0.4, 0.5) is 5.69 Å². The van der Waals surface area contributed by atoms with E-state index in [-0.39, 0.29) is 34.3 Å². The maximum Gasteiger partial charge on any atom is 0.269 e. The van der Waals surface area contributed by atoms with Gasteiger partial charge in [-0.15, -0.1) is 0 Å². The van der Waals surface area contributed by atoms with Crippen molar-refractivity contribution in [3.8, 4) is 0 Å². The molecule has 4 aliphatic carbocycles. The first-order valence-electron chi connectivity index (χ1n) is 11.9. The SMILES string of the molecule is O=[N+]([O-])c1ccc2c(c1)C1C(/C2=C2\CCCc3ccc4ccccc4c32)[C@@H]2C[C@H]1[C@@H](O)[C@H]2O. The van der Waals surface area contributed by atoms with Crippen LogP contribution in [-0.2, 0) is 6.42 Å². The Morgan fingerprint density at radius 1 is 0.909 bits per heavy atom. The molecule has 5 nitrogen and oxygen atoms in total. The van der Waals surface area contributed by atoms with Gasteiger partial charge < -0.3 is 10.2 Å². The van der Waals surface area contributed by atoms with E-state index < -0.39 is 12.2 Å². The molecule has 0 amide bonds. The summed E-state index contributed by atoms with van der Waals surface area (Å²) in [7, 11) is 0. The Labute approximate surface area is 191 Å². The van der Waals surface area contributed by atoms with Crippen LogP contribution in [0, 0.1) is 27.9 Å². The fraction of sp³-hybridized carbons (Fsp3) is 0.357. The molecule has 0 aromatic heterocycles. The number of aliphatic hydroxyl groups is 2. The van der Waals surface area contributed by atoms with E-state index in [1.807, 2.05) is 6.07 Å². The maximum absolute atomic E-state index is 11.6. The van der Waals surface area contributed by atoms with Gasteiger partial charge >= 0.3 is 0 Å². The van der Waals surface area contributed by atoms with E-state index in [9.17, 15) is 20.3 Å². The third-order valence-corrected chi connectivity index (χ3v) is 8.82. The number of aryl methyl sites for hydroxylation is 1. The predicted molar refractivity (Wildman–Crippen MR) is 127 cm³/mol. The molecule has 6 atom stereocenters. The first-order chi connectivity index (χ1) is 16.0. The standard InChI is InChI=1S/C28H25NO4/c30-27-21-13-22(28(27)31)26-24(18-11-10-16(29(32)33)12-20(18)25(21)26)19-7-3-5-15-9-8-14-4-1-2-6-17(14)23(15)19/h1-2,4,6,8-12,21-22,25-28,30-31H,3,5,7,13H2/b24-19+/t21-,22+,25?,26?,27-,28+/m1/s1. The van der Waals surface area contributed by atoms with Gasteiger partial charge in [-0.2, -0.15) is 0 Å². The highest BCUT2D eigenvalue weighted by molar-refractivity contribution is 6.05. The number of nitro benzene ring substituents is 1. The van der Waals surface area contributed by atoms with Gasteiger partial charge in [0.05, 0.1) is 17.1 Å². The van der Waals surface area contributed by atoms with E-state index >= 15 is 0 Å². The van der Waals surface area contributed by atoms with Crippen molar-refractivity contribution >= 4 is 27.6 Å². The number of allylic oxidation sites excluding steroid dienone is 2. The number of aliphatic hydroxyl groups excluding tert-OH is 2. The zero-order valence-electron chi connectivity index (χ0n) is 18.1. The van der Waals surface area contributed by atoms with Crippen molar-refractivity contribution in [3.05, 3.63) is 87.0 Å². The number of hydrogen-bond donors (Lipinski definition) is 2. The van der Waals surface area contributed by atoms with Crippen LogP contribution in [0.5, 0.6) is 0 Å². The average molecular weight is 440 g/mol. The van der Waals surface area contributed by atoms with Crippen LogP contribution in [0.3, 0.4) is 0 Å². The number of nitrogens with zero attached hydrogens (tertiary/aromatic N) is 1. The van der Waals surface area contributed by atoms with Crippen molar-refractivity contribution in [3.63, 3.8) is 0 Å². The lowest BCUT2D eigenvalue weighted by Gasteiger charge is -2.35. The second-order valence-electron chi connectivity index (χ2n) is 10.2. The molecular formula is C28H25NO4. The second kappa shape index (κ2) is 6.75. The van der Waals surface area contributed by atoms with E-state index in [0.29, 0.717) is 0 Å². The van der Waals surface area contributed by atoms with Crippen molar-refractivity contribution in [1.29, 1.82) is 0 Å². The summed E-state index contributed by atoms with van der Waals surface area (Å²) < 4.78 is 0. The van der Waals surface area contributed by atoms with E-state index in [4.69, 9.17) is 0 Å². The summed E-state index contributed by atoms with van der Waals surface area (Å²) in [5.41, 5.74) is 7.46. The van der Waals surface area contributed by atoms with Gasteiger partial charge in [-0.3, -0.25) is 10.1 Å². The predicted octanol–water partition coefficient (Wildman–Crippen LogP) is 5.08. The van der Waals surface area contributed by atoms with Gasteiger partial charge in [0, 0.05) is 12.1 Å². The first-order valence-corrected chi connectivity index (χ1v) is 11.9. The molecule has 4 aliphatic rings. The summed E-state index contributed by atoms with van der Waals surface area (Å²) in [4.78, 5) is 11.2. The fourth-order valence-electron chi connectivity index (χ4n) is 7.63. The Morgan fingerprint density at radius 3 is 2.52 bits per heavy atom. The zero-order chi connectivity index (χ0) is 22.4. The largest absolute Gasteiger partial charge is 0.390 e. The fourth-order valence-corrected chi connectivity index (χ4v) is 7.63. The van der Waals surface area contributed by atoms with E-state index in [1.54, 1.807) is 12.1 Å². The Kier molecular flexibility index (Phi) is 3.98. The van der Waals surface area contributed by atoms with Crippen LogP contribution < -0.4 is 0 Å². The molecule has 2 fully saturated rings. The Hall–Kier alpha value is -3.02. The number of non-ortho nitro benzene ring substituents is 1. The van der Waals surface area contributed by atoms with Crippen LogP contribution in [0.25, 0.3) is 21.9 Å². The zero-order valence-corrected chi connectivity index (χ0v) is 18.1. The molecule has 0 heterocycles. The number of nitro groups is 1. The van der Waals surface area contributed by atoms with Gasteiger partial charge in [0.25, 0.3) is 5.69 Å². The van der Waals surface area contributed by atoms with Gasteiger partial charge in [-0.25, -0.2) is 0 Å². The van der Waals surface area contributed by atoms with E-state index in [2.05, 4.69) is 36.4 Å². The van der Waals surface area contributed by atoms with E-state index in [1.165, 1.54) is 33.0 Å². The summed E-state index contributed by atoms with van der Waals surface area (Å²) in [6.07, 6.45) is 2.37. The Bertz CT molecular complexity index is 1380. The van der Waals surface area contributed by atoms with Crippen LogP contribution in [0.2, 0.25) is 0 Å². The molecule has 33 heavy (non-hydrogen) atoms. The van der Waals surface area contributed by atoms with Gasteiger partial charge in [-0.1, -0.05) is 36.4 Å². The lowest BCUT2D eigenvalue weighted by atomic mass is 9.72. The highest BCUT2D eigenvalue weighted by Gasteiger charge is 2.62. The molecule has 7 rings (SSSR count). The molecule has 3 aromatic rings. The van der Waals surface area contributed by atoms with Crippen LogP contribution in [0.1, 0.15) is 47.4 Å². The van der Waals surface area contributed by atoms with Gasteiger partial charge in [0.1, 0.15) is 0 Å². The molecule has 2 saturated carbocycles. The van der Waals surface area contributed by atoms with Gasteiger partial charge in [0.2, 0.25) is 0 Å². The highest BCUT2D eigenvalue weighted by Crippen LogP contribution is 2.67.